The minimum Gasteiger partial charge on any atom is -0.325 e. The van der Waals surface area contributed by atoms with Gasteiger partial charge >= 0.3 is 0 Å². The van der Waals surface area contributed by atoms with Crippen LogP contribution >= 0.6 is 11.3 Å². The highest BCUT2D eigenvalue weighted by Crippen LogP contribution is 2.22. The number of para-hydroxylation sites is 1. The van der Waals surface area contributed by atoms with Crippen molar-refractivity contribution < 1.29 is 4.79 Å². The zero-order valence-electron chi connectivity index (χ0n) is 10.1. The van der Waals surface area contributed by atoms with Crippen molar-refractivity contribution in [1.29, 1.82) is 0 Å². The van der Waals surface area contributed by atoms with Gasteiger partial charge in [0.25, 0.3) is 0 Å². The molecule has 17 heavy (non-hydrogen) atoms. The molecule has 0 fully saturated rings. The average molecular weight is 248 g/mol. The molecule has 0 saturated heterocycles. The van der Waals surface area contributed by atoms with Gasteiger partial charge in [0.05, 0.1) is 16.6 Å². The van der Waals surface area contributed by atoms with Gasteiger partial charge in [-0.2, -0.15) is 0 Å². The van der Waals surface area contributed by atoms with Crippen molar-refractivity contribution in [2.24, 2.45) is 5.73 Å². The summed E-state index contributed by atoms with van der Waals surface area (Å²) in [4.78, 5) is 16.2. The summed E-state index contributed by atoms with van der Waals surface area (Å²) in [6.45, 7) is 3.73. The molecular weight excluding hydrogens is 232 g/mol. The zero-order chi connectivity index (χ0) is 12.5. The van der Waals surface area contributed by atoms with Gasteiger partial charge in [0.15, 0.2) is 0 Å². The third-order valence-electron chi connectivity index (χ3n) is 2.34. The largest absolute Gasteiger partial charge is 0.325 e. The van der Waals surface area contributed by atoms with Gasteiger partial charge in [-0.1, -0.05) is 12.1 Å². The first-order valence-electron chi connectivity index (χ1n) is 5.59. The number of nitrogens with two attached hydrogens (primary N) is 1. The van der Waals surface area contributed by atoms with Crippen molar-refractivity contribution in [2.75, 3.05) is 0 Å². The van der Waals surface area contributed by atoms with Crippen LogP contribution in [0, 0.1) is 0 Å². The molecule has 0 aliphatic carbocycles. The summed E-state index contributed by atoms with van der Waals surface area (Å²) in [6, 6.07) is 7.92. The Bertz CT molecular complexity index is 507. The normalized spacial score (nSPS) is 11.9. The molecule has 0 aliphatic rings. The van der Waals surface area contributed by atoms with E-state index in [9.17, 15) is 4.79 Å². The standard InChI is InChI=1S/C13H16N2OS/c1-13(2,14)8-9(16)7-12-15-10-5-3-4-6-11(10)17-12/h3-6H,7-8,14H2,1-2H3. The molecule has 0 saturated carbocycles. The minimum absolute atomic E-state index is 0.150. The van der Waals surface area contributed by atoms with Crippen molar-refractivity contribution in [3.8, 4) is 0 Å². The van der Waals surface area contributed by atoms with Crippen molar-refractivity contribution in [2.45, 2.75) is 32.2 Å². The lowest BCUT2D eigenvalue weighted by atomic mass is 9.98. The first kappa shape index (κ1) is 12.2. The maximum Gasteiger partial charge on any atom is 0.141 e. The second kappa shape index (κ2) is 4.55. The fourth-order valence-corrected chi connectivity index (χ4v) is 2.73. The van der Waals surface area contributed by atoms with E-state index in [2.05, 4.69) is 4.98 Å². The molecule has 0 unspecified atom stereocenters. The molecule has 1 aromatic carbocycles. The SMILES string of the molecule is CC(C)(N)CC(=O)Cc1nc2ccccc2s1. The molecule has 1 heterocycles. The van der Waals surface area contributed by atoms with Crippen molar-refractivity contribution in [3.63, 3.8) is 0 Å². The maximum atomic E-state index is 11.8. The maximum absolute atomic E-state index is 11.8. The van der Waals surface area contributed by atoms with Gasteiger partial charge < -0.3 is 5.73 Å². The van der Waals surface area contributed by atoms with Gasteiger partial charge in [0.2, 0.25) is 0 Å². The molecule has 0 aliphatic heterocycles. The molecule has 2 N–H and O–H groups in total. The Morgan fingerprint density at radius 3 is 2.76 bits per heavy atom. The first-order valence-corrected chi connectivity index (χ1v) is 6.41. The molecular formula is C13H16N2OS. The fourth-order valence-electron chi connectivity index (χ4n) is 1.73. The van der Waals surface area contributed by atoms with E-state index in [1.807, 2.05) is 38.1 Å². The number of carbonyl (C=O) groups excluding carboxylic acids is 1. The van der Waals surface area contributed by atoms with Crippen LogP contribution in [0.25, 0.3) is 10.2 Å². The summed E-state index contributed by atoms with van der Waals surface area (Å²) in [5, 5.41) is 0.875. The Labute approximate surface area is 105 Å². The molecule has 0 amide bonds. The number of hydrogen-bond acceptors (Lipinski definition) is 4. The second-order valence-corrected chi connectivity index (χ2v) is 6.07. The van der Waals surface area contributed by atoms with Gasteiger partial charge in [0, 0.05) is 12.0 Å². The molecule has 2 aromatic rings. The van der Waals surface area contributed by atoms with Crippen LogP contribution in [0.1, 0.15) is 25.3 Å². The smallest absolute Gasteiger partial charge is 0.141 e. The summed E-state index contributed by atoms with van der Waals surface area (Å²) in [7, 11) is 0. The van der Waals surface area contributed by atoms with Gasteiger partial charge in [-0.3, -0.25) is 4.79 Å². The van der Waals surface area contributed by atoms with Crippen LogP contribution in [0.2, 0.25) is 0 Å². The van der Waals surface area contributed by atoms with Crippen LogP contribution in [0.15, 0.2) is 24.3 Å². The number of aromatic nitrogens is 1. The summed E-state index contributed by atoms with van der Waals surface area (Å²) >= 11 is 1.58. The lowest BCUT2D eigenvalue weighted by molar-refractivity contribution is -0.119. The van der Waals surface area contributed by atoms with E-state index in [0.29, 0.717) is 12.8 Å². The molecule has 0 atom stereocenters. The Kier molecular flexibility index (Phi) is 3.26. The van der Waals surface area contributed by atoms with Crippen LogP contribution in [-0.4, -0.2) is 16.3 Å². The first-order chi connectivity index (χ1) is 7.94. The van der Waals surface area contributed by atoms with Gasteiger partial charge in [-0.05, 0) is 26.0 Å². The Balaban J connectivity index is 2.11. The number of hydrogen-bond donors (Lipinski definition) is 1. The molecule has 90 valence electrons. The molecule has 0 bridgehead atoms. The summed E-state index contributed by atoms with van der Waals surface area (Å²) in [5.74, 6) is 0.150. The molecule has 1 aromatic heterocycles. The Hall–Kier alpha value is -1.26. The third kappa shape index (κ3) is 3.35. The fraction of sp³-hybridized carbons (Fsp3) is 0.385. The van der Waals surface area contributed by atoms with Crippen molar-refractivity contribution in [1.82, 2.24) is 4.98 Å². The van der Waals surface area contributed by atoms with E-state index in [1.165, 1.54) is 0 Å². The number of rotatable bonds is 4. The van der Waals surface area contributed by atoms with Crippen LogP contribution in [-0.2, 0) is 11.2 Å². The van der Waals surface area contributed by atoms with Crippen molar-refractivity contribution >= 4 is 27.3 Å². The lowest BCUT2D eigenvalue weighted by Gasteiger charge is -2.16. The highest BCUT2D eigenvalue weighted by Gasteiger charge is 2.17. The van der Waals surface area contributed by atoms with E-state index in [0.717, 1.165) is 15.2 Å². The van der Waals surface area contributed by atoms with Crippen LogP contribution in [0.4, 0.5) is 0 Å². The molecule has 0 radical (unpaired) electrons. The number of nitrogens with zero attached hydrogens (tertiary/aromatic N) is 1. The number of ketones is 1. The Morgan fingerprint density at radius 2 is 2.12 bits per heavy atom. The predicted molar refractivity (Wildman–Crippen MR) is 71.2 cm³/mol. The third-order valence-corrected chi connectivity index (χ3v) is 3.38. The van der Waals surface area contributed by atoms with Crippen LogP contribution < -0.4 is 5.73 Å². The van der Waals surface area contributed by atoms with E-state index >= 15 is 0 Å². The zero-order valence-corrected chi connectivity index (χ0v) is 10.9. The summed E-state index contributed by atoms with van der Waals surface area (Å²) in [6.07, 6.45) is 0.781. The number of Topliss-reactive ketones (excluding diaryl/α,β-unsaturated/α-hetero) is 1. The second-order valence-electron chi connectivity index (χ2n) is 4.96. The minimum atomic E-state index is -0.437. The van der Waals surface area contributed by atoms with Gasteiger partial charge in [0.1, 0.15) is 10.8 Å². The van der Waals surface area contributed by atoms with Crippen LogP contribution in [0.3, 0.4) is 0 Å². The predicted octanol–water partition coefficient (Wildman–Crippen LogP) is 2.54. The van der Waals surface area contributed by atoms with E-state index in [-0.39, 0.29) is 5.78 Å². The molecule has 4 heteroatoms. The Morgan fingerprint density at radius 1 is 1.41 bits per heavy atom. The van der Waals surface area contributed by atoms with Crippen molar-refractivity contribution in [3.05, 3.63) is 29.3 Å². The van der Waals surface area contributed by atoms with E-state index in [1.54, 1.807) is 11.3 Å². The number of fused-ring (bicyclic) bond motifs is 1. The molecule has 0 spiro atoms. The summed E-state index contributed by atoms with van der Waals surface area (Å²) < 4.78 is 1.13. The van der Waals surface area contributed by atoms with Gasteiger partial charge in [-0.15, -0.1) is 11.3 Å². The lowest BCUT2D eigenvalue weighted by Crippen LogP contribution is -2.35. The highest BCUT2D eigenvalue weighted by molar-refractivity contribution is 7.18. The average Bonchev–Trinajstić information content (AvgIpc) is 2.55. The van der Waals surface area contributed by atoms with E-state index in [4.69, 9.17) is 5.73 Å². The quantitative estimate of drug-likeness (QED) is 0.904. The van der Waals surface area contributed by atoms with E-state index < -0.39 is 5.54 Å². The number of thiazole rings is 1. The van der Waals surface area contributed by atoms with Gasteiger partial charge in [-0.25, -0.2) is 4.98 Å². The molecule has 3 nitrogen and oxygen atoms in total. The molecule has 2 rings (SSSR count). The number of carbonyl (C=O) groups is 1. The van der Waals surface area contributed by atoms with Crippen LogP contribution in [0.5, 0.6) is 0 Å². The topological polar surface area (TPSA) is 56.0 Å². The monoisotopic (exact) mass is 248 g/mol. The highest BCUT2D eigenvalue weighted by atomic mass is 32.1. The summed E-state index contributed by atoms with van der Waals surface area (Å²) in [5.41, 5.74) is 6.36. The number of benzene rings is 1.